The Bertz CT molecular complexity index is 379. The predicted molar refractivity (Wildman–Crippen MR) is 53.4 cm³/mol. The SMILES string of the molecule is NC(=O)N/N=C/c1cccc(O)c1Cl. The lowest BCUT2D eigenvalue weighted by Crippen LogP contribution is -2.24. The second-order valence-corrected chi connectivity index (χ2v) is 2.79. The molecular formula is C8H8ClN3O2. The quantitative estimate of drug-likeness (QED) is 0.507. The first-order valence-electron chi connectivity index (χ1n) is 3.67. The van der Waals surface area contributed by atoms with E-state index in [1.54, 1.807) is 12.1 Å². The number of carbonyl (C=O) groups excluding carboxylic acids is 1. The van der Waals surface area contributed by atoms with Gasteiger partial charge in [0.1, 0.15) is 5.75 Å². The summed E-state index contributed by atoms with van der Waals surface area (Å²) in [4.78, 5) is 10.3. The molecule has 0 saturated carbocycles. The molecule has 14 heavy (non-hydrogen) atoms. The molecule has 1 rings (SSSR count). The number of nitrogens with zero attached hydrogens (tertiary/aromatic N) is 1. The van der Waals surface area contributed by atoms with E-state index in [4.69, 9.17) is 17.3 Å². The molecule has 0 aliphatic heterocycles. The molecule has 0 atom stereocenters. The van der Waals surface area contributed by atoms with Gasteiger partial charge in [0.15, 0.2) is 0 Å². The Morgan fingerprint density at radius 3 is 3.00 bits per heavy atom. The van der Waals surface area contributed by atoms with Crippen LogP contribution in [0.1, 0.15) is 5.56 Å². The maximum Gasteiger partial charge on any atom is 0.332 e. The molecule has 0 saturated heterocycles. The molecule has 6 heteroatoms. The van der Waals surface area contributed by atoms with Gasteiger partial charge >= 0.3 is 6.03 Å². The number of rotatable bonds is 2. The first-order valence-corrected chi connectivity index (χ1v) is 4.05. The summed E-state index contributed by atoms with van der Waals surface area (Å²) in [6.45, 7) is 0. The van der Waals surface area contributed by atoms with E-state index < -0.39 is 6.03 Å². The molecule has 0 aromatic heterocycles. The standard InChI is InChI=1S/C8H8ClN3O2/c9-7-5(2-1-3-6(7)13)4-11-12-8(10)14/h1-4,13H,(H3,10,12,14)/b11-4+. The molecule has 0 unspecified atom stereocenters. The van der Waals surface area contributed by atoms with Gasteiger partial charge in [-0.25, -0.2) is 10.2 Å². The zero-order valence-corrected chi connectivity index (χ0v) is 7.82. The number of nitrogens with one attached hydrogen (secondary N) is 1. The summed E-state index contributed by atoms with van der Waals surface area (Å²) in [7, 11) is 0. The number of aromatic hydroxyl groups is 1. The van der Waals surface area contributed by atoms with Gasteiger partial charge in [-0.2, -0.15) is 5.10 Å². The number of nitrogens with two attached hydrogens (primary N) is 1. The molecule has 1 aromatic rings. The zero-order valence-electron chi connectivity index (χ0n) is 7.07. The monoisotopic (exact) mass is 213 g/mol. The molecule has 74 valence electrons. The number of urea groups is 1. The summed E-state index contributed by atoms with van der Waals surface area (Å²) in [5.74, 6) is -0.0466. The van der Waals surface area contributed by atoms with Crippen LogP contribution in [0.2, 0.25) is 5.02 Å². The summed E-state index contributed by atoms with van der Waals surface area (Å²) in [5.41, 5.74) is 7.27. The molecule has 2 amide bonds. The Morgan fingerprint density at radius 1 is 1.64 bits per heavy atom. The summed E-state index contributed by atoms with van der Waals surface area (Å²) in [5, 5.41) is 12.9. The lowest BCUT2D eigenvalue weighted by Gasteiger charge is -1.99. The van der Waals surface area contributed by atoms with E-state index in [-0.39, 0.29) is 10.8 Å². The van der Waals surface area contributed by atoms with Gasteiger partial charge in [0, 0.05) is 5.56 Å². The topological polar surface area (TPSA) is 87.7 Å². The van der Waals surface area contributed by atoms with Crippen molar-refractivity contribution in [2.24, 2.45) is 10.8 Å². The van der Waals surface area contributed by atoms with Crippen LogP contribution < -0.4 is 11.2 Å². The molecule has 0 bridgehead atoms. The van der Waals surface area contributed by atoms with Crippen LogP contribution in [0.25, 0.3) is 0 Å². The number of hydrazone groups is 1. The number of carbonyl (C=O) groups is 1. The van der Waals surface area contributed by atoms with Crippen LogP contribution in [-0.2, 0) is 0 Å². The smallest absolute Gasteiger partial charge is 0.332 e. The van der Waals surface area contributed by atoms with Gasteiger partial charge in [0.05, 0.1) is 11.2 Å². The maximum atomic E-state index is 10.3. The molecule has 0 radical (unpaired) electrons. The average molecular weight is 214 g/mol. The number of amides is 2. The Kier molecular flexibility index (Phi) is 3.30. The molecular weight excluding hydrogens is 206 g/mol. The summed E-state index contributed by atoms with van der Waals surface area (Å²) >= 11 is 5.72. The van der Waals surface area contributed by atoms with Crippen molar-refractivity contribution in [2.75, 3.05) is 0 Å². The largest absolute Gasteiger partial charge is 0.506 e. The third-order valence-electron chi connectivity index (χ3n) is 1.39. The Labute approximate surface area is 85.2 Å². The Hall–Kier alpha value is -1.75. The van der Waals surface area contributed by atoms with Crippen molar-refractivity contribution in [2.45, 2.75) is 0 Å². The molecule has 0 fully saturated rings. The third-order valence-corrected chi connectivity index (χ3v) is 1.80. The highest BCUT2D eigenvalue weighted by molar-refractivity contribution is 6.34. The number of benzene rings is 1. The van der Waals surface area contributed by atoms with Crippen LogP contribution in [0.3, 0.4) is 0 Å². The molecule has 0 spiro atoms. The first kappa shape index (κ1) is 10.3. The fourth-order valence-electron chi connectivity index (χ4n) is 0.802. The van der Waals surface area contributed by atoms with E-state index in [2.05, 4.69) is 5.10 Å². The minimum atomic E-state index is -0.766. The zero-order chi connectivity index (χ0) is 10.6. The van der Waals surface area contributed by atoms with Gasteiger partial charge in [-0.1, -0.05) is 23.7 Å². The van der Waals surface area contributed by atoms with Crippen molar-refractivity contribution in [1.82, 2.24) is 5.43 Å². The van der Waals surface area contributed by atoms with Crippen LogP contribution in [-0.4, -0.2) is 17.4 Å². The summed E-state index contributed by atoms with van der Waals surface area (Å²) in [6.07, 6.45) is 1.28. The second-order valence-electron chi connectivity index (χ2n) is 2.41. The lowest BCUT2D eigenvalue weighted by molar-refractivity contribution is 0.249. The highest BCUT2D eigenvalue weighted by Crippen LogP contribution is 2.25. The van der Waals surface area contributed by atoms with E-state index >= 15 is 0 Å². The van der Waals surface area contributed by atoms with Crippen LogP contribution in [0.4, 0.5) is 4.79 Å². The lowest BCUT2D eigenvalue weighted by atomic mass is 10.2. The normalized spacial score (nSPS) is 10.4. The molecule has 0 aliphatic rings. The van der Waals surface area contributed by atoms with Crippen molar-refractivity contribution in [3.63, 3.8) is 0 Å². The maximum absolute atomic E-state index is 10.3. The Morgan fingerprint density at radius 2 is 2.36 bits per heavy atom. The van der Waals surface area contributed by atoms with Gasteiger partial charge in [-0.3, -0.25) is 0 Å². The highest BCUT2D eigenvalue weighted by Gasteiger charge is 2.01. The second kappa shape index (κ2) is 4.48. The minimum absolute atomic E-state index is 0.0466. The van der Waals surface area contributed by atoms with E-state index in [0.29, 0.717) is 5.56 Å². The van der Waals surface area contributed by atoms with Gasteiger partial charge in [0.25, 0.3) is 0 Å². The number of hydrogen-bond donors (Lipinski definition) is 3. The minimum Gasteiger partial charge on any atom is -0.506 e. The number of phenols is 1. The van der Waals surface area contributed by atoms with Crippen LogP contribution in [0.15, 0.2) is 23.3 Å². The summed E-state index contributed by atoms with van der Waals surface area (Å²) < 4.78 is 0. The molecule has 0 heterocycles. The first-order chi connectivity index (χ1) is 6.61. The van der Waals surface area contributed by atoms with Crippen LogP contribution >= 0.6 is 11.6 Å². The molecule has 4 N–H and O–H groups in total. The average Bonchev–Trinajstić information content (AvgIpc) is 2.12. The predicted octanol–water partition coefficient (Wildman–Crippen LogP) is 1.05. The van der Waals surface area contributed by atoms with Gasteiger partial charge in [-0.05, 0) is 6.07 Å². The highest BCUT2D eigenvalue weighted by atomic mass is 35.5. The number of halogens is 1. The number of hydrogen-bond acceptors (Lipinski definition) is 3. The van der Waals surface area contributed by atoms with E-state index in [9.17, 15) is 9.90 Å². The number of phenolic OH excluding ortho intramolecular Hbond substituents is 1. The van der Waals surface area contributed by atoms with Crippen molar-refractivity contribution in [1.29, 1.82) is 0 Å². The van der Waals surface area contributed by atoms with Crippen molar-refractivity contribution < 1.29 is 9.90 Å². The fourth-order valence-corrected chi connectivity index (χ4v) is 0.977. The number of primary amides is 1. The van der Waals surface area contributed by atoms with Crippen LogP contribution in [0.5, 0.6) is 5.75 Å². The van der Waals surface area contributed by atoms with E-state index in [1.165, 1.54) is 12.3 Å². The van der Waals surface area contributed by atoms with Crippen molar-refractivity contribution in [3.05, 3.63) is 28.8 Å². The van der Waals surface area contributed by atoms with E-state index in [0.717, 1.165) is 0 Å². The molecule has 1 aromatic carbocycles. The Balaban J connectivity index is 2.81. The molecule has 0 aliphatic carbocycles. The fraction of sp³-hybridized carbons (Fsp3) is 0. The van der Waals surface area contributed by atoms with Gasteiger partial charge < -0.3 is 10.8 Å². The van der Waals surface area contributed by atoms with E-state index in [1.807, 2.05) is 5.43 Å². The van der Waals surface area contributed by atoms with Gasteiger partial charge in [-0.15, -0.1) is 0 Å². The van der Waals surface area contributed by atoms with Gasteiger partial charge in [0.2, 0.25) is 0 Å². The molecule has 5 nitrogen and oxygen atoms in total. The third kappa shape index (κ3) is 2.63. The summed E-state index contributed by atoms with van der Waals surface area (Å²) in [6, 6.07) is 3.92. The van der Waals surface area contributed by atoms with Crippen molar-refractivity contribution >= 4 is 23.8 Å². The van der Waals surface area contributed by atoms with Crippen molar-refractivity contribution in [3.8, 4) is 5.75 Å². The van der Waals surface area contributed by atoms with Crippen LogP contribution in [0, 0.1) is 0 Å².